The molecule has 0 spiro atoms. The summed E-state index contributed by atoms with van der Waals surface area (Å²) in [5, 5.41) is 33.9. The average molecular weight is 317 g/mol. The molecule has 10 heteroatoms. The number of aliphatic carboxylic acids is 4. The van der Waals surface area contributed by atoms with Gasteiger partial charge in [-0.05, 0) is 6.42 Å². The van der Waals surface area contributed by atoms with Crippen molar-refractivity contribution in [3.05, 3.63) is 24.3 Å². The summed E-state index contributed by atoms with van der Waals surface area (Å²) in [5.41, 5.74) is 0. The van der Waals surface area contributed by atoms with E-state index in [9.17, 15) is 24.0 Å². The van der Waals surface area contributed by atoms with E-state index in [4.69, 9.17) is 20.4 Å². The Morgan fingerprint density at radius 1 is 0.773 bits per heavy atom. The predicted molar refractivity (Wildman–Crippen MR) is 71.1 cm³/mol. The van der Waals surface area contributed by atoms with Crippen molar-refractivity contribution in [2.24, 2.45) is 0 Å². The van der Waals surface area contributed by atoms with Crippen molar-refractivity contribution >= 4 is 29.8 Å². The Bertz CT molecular complexity index is 405. The zero-order valence-corrected chi connectivity index (χ0v) is 11.3. The molecule has 0 atom stereocenters. The second kappa shape index (κ2) is 12.8. The van der Waals surface area contributed by atoms with E-state index in [1.807, 2.05) is 0 Å². The lowest BCUT2D eigenvalue weighted by Gasteiger charge is -1.80. The summed E-state index contributed by atoms with van der Waals surface area (Å²) >= 11 is 0. The minimum Gasteiger partial charge on any atom is -0.478 e. The summed E-state index contributed by atoms with van der Waals surface area (Å²) in [7, 11) is 0. The van der Waals surface area contributed by atoms with Crippen LogP contribution in [0.1, 0.15) is 12.8 Å². The normalized spacial score (nSPS) is 12.6. The Kier molecular flexibility index (Phi) is 12.3. The molecule has 1 aliphatic rings. The van der Waals surface area contributed by atoms with E-state index in [-0.39, 0.29) is 5.91 Å². The molecule has 1 aliphatic heterocycles. The van der Waals surface area contributed by atoms with Gasteiger partial charge in [0.15, 0.2) is 0 Å². The van der Waals surface area contributed by atoms with Gasteiger partial charge in [-0.3, -0.25) is 4.79 Å². The number of carboxylic acid groups (broad SMARTS) is 4. The highest BCUT2D eigenvalue weighted by molar-refractivity contribution is 5.90. The molecule has 0 bridgehead atoms. The lowest BCUT2D eigenvalue weighted by molar-refractivity contribution is -0.134. The number of carbonyl (C=O) groups is 5. The fourth-order valence-corrected chi connectivity index (χ4v) is 0.850. The van der Waals surface area contributed by atoms with Crippen LogP contribution in [0.5, 0.6) is 0 Å². The van der Waals surface area contributed by atoms with Crippen molar-refractivity contribution < 1.29 is 44.4 Å². The second-order valence-electron chi connectivity index (χ2n) is 3.47. The van der Waals surface area contributed by atoms with Crippen LogP contribution in [-0.2, 0) is 24.0 Å². The van der Waals surface area contributed by atoms with Crippen molar-refractivity contribution in [3.63, 3.8) is 0 Å². The van der Waals surface area contributed by atoms with Crippen LogP contribution in [0.25, 0.3) is 0 Å². The quantitative estimate of drug-likeness (QED) is 0.420. The minimum atomic E-state index is -1.26. The van der Waals surface area contributed by atoms with Crippen LogP contribution in [0.2, 0.25) is 0 Å². The van der Waals surface area contributed by atoms with E-state index in [2.05, 4.69) is 5.32 Å². The number of carboxylic acids is 4. The fraction of sp³-hybridized carbons (Fsp3) is 0.250. The van der Waals surface area contributed by atoms with Gasteiger partial charge in [-0.2, -0.15) is 0 Å². The zero-order chi connectivity index (χ0) is 17.5. The number of carbonyl (C=O) groups excluding carboxylic acids is 1. The van der Waals surface area contributed by atoms with Gasteiger partial charge in [-0.25, -0.2) is 19.2 Å². The molecule has 0 aliphatic carbocycles. The summed E-state index contributed by atoms with van der Waals surface area (Å²) < 4.78 is 0. The van der Waals surface area contributed by atoms with E-state index in [0.29, 0.717) is 24.3 Å². The van der Waals surface area contributed by atoms with Crippen molar-refractivity contribution in [2.45, 2.75) is 12.8 Å². The molecule has 0 aromatic carbocycles. The van der Waals surface area contributed by atoms with Crippen molar-refractivity contribution in [1.82, 2.24) is 5.32 Å². The molecule has 0 unspecified atom stereocenters. The Hall–Kier alpha value is -3.17. The van der Waals surface area contributed by atoms with Crippen LogP contribution in [0.15, 0.2) is 24.3 Å². The first-order chi connectivity index (χ1) is 10.1. The van der Waals surface area contributed by atoms with Gasteiger partial charge in [0.1, 0.15) is 0 Å². The topological polar surface area (TPSA) is 178 Å². The van der Waals surface area contributed by atoms with Gasteiger partial charge in [0, 0.05) is 37.3 Å². The highest BCUT2D eigenvalue weighted by Crippen LogP contribution is 1.93. The number of rotatable bonds is 4. The summed E-state index contributed by atoms with van der Waals surface area (Å²) in [6.45, 7) is 0.888. The monoisotopic (exact) mass is 317 g/mol. The van der Waals surface area contributed by atoms with Gasteiger partial charge in [-0.1, -0.05) is 0 Å². The molecule has 0 aromatic heterocycles. The highest BCUT2D eigenvalue weighted by atomic mass is 16.4. The predicted octanol–water partition coefficient (Wildman–Crippen LogP) is -0.680. The van der Waals surface area contributed by atoms with Gasteiger partial charge in [0.2, 0.25) is 5.91 Å². The van der Waals surface area contributed by atoms with E-state index < -0.39 is 23.9 Å². The largest absolute Gasteiger partial charge is 0.478 e. The molecular formula is C12H15NO9. The first-order valence-corrected chi connectivity index (χ1v) is 5.69. The Balaban J connectivity index is 0. The van der Waals surface area contributed by atoms with E-state index in [1.165, 1.54) is 0 Å². The van der Waals surface area contributed by atoms with Crippen LogP contribution >= 0.6 is 0 Å². The minimum absolute atomic E-state index is 0.204. The van der Waals surface area contributed by atoms with Gasteiger partial charge >= 0.3 is 23.9 Å². The van der Waals surface area contributed by atoms with Gasteiger partial charge < -0.3 is 25.7 Å². The van der Waals surface area contributed by atoms with Crippen molar-refractivity contribution in [3.8, 4) is 0 Å². The van der Waals surface area contributed by atoms with Crippen LogP contribution in [0.3, 0.4) is 0 Å². The zero-order valence-electron chi connectivity index (χ0n) is 11.3. The van der Waals surface area contributed by atoms with Crippen molar-refractivity contribution in [2.75, 3.05) is 6.54 Å². The molecule has 1 heterocycles. The fourth-order valence-electron chi connectivity index (χ4n) is 0.850. The summed E-state index contributed by atoms with van der Waals surface area (Å²) in [5.74, 6) is -4.82. The summed E-state index contributed by atoms with van der Waals surface area (Å²) in [4.78, 5) is 48.3. The third-order valence-electron chi connectivity index (χ3n) is 1.64. The number of nitrogens with one attached hydrogen (secondary N) is 1. The smallest absolute Gasteiger partial charge is 0.328 e. The lowest BCUT2D eigenvalue weighted by Crippen LogP contribution is -2.12. The lowest BCUT2D eigenvalue weighted by atomic mass is 10.4. The Labute approximate surface area is 124 Å². The third kappa shape index (κ3) is 22.0. The first kappa shape index (κ1) is 21.1. The molecule has 0 radical (unpaired) electrons. The molecule has 0 aromatic rings. The maximum Gasteiger partial charge on any atom is 0.328 e. The standard InChI is InChI=1S/C4H7NO.2C4H4O4/c6-4-2-1-3-5-4;2*5-3(6)1-2-4(7)8/h1-3H2,(H,5,6);2*1-2H,(H,5,6)(H,7,8)/b;2*2-1+. The third-order valence-corrected chi connectivity index (χ3v) is 1.64. The molecule has 1 fully saturated rings. The Morgan fingerprint density at radius 2 is 1.09 bits per heavy atom. The molecule has 1 saturated heterocycles. The molecule has 0 saturated carbocycles. The van der Waals surface area contributed by atoms with E-state index >= 15 is 0 Å². The second-order valence-corrected chi connectivity index (χ2v) is 3.47. The molecule has 5 N–H and O–H groups in total. The van der Waals surface area contributed by atoms with Crippen LogP contribution in [0.4, 0.5) is 0 Å². The number of hydrogen-bond donors (Lipinski definition) is 5. The summed E-state index contributed by atoms with van der Waals surface area (Å²) in [6.07, 6.45) is 3.99. The molecule has 122 valence electrons. The molecule has 10 nitrogen and oxygen atoms in total. The molecular weight excluding hydrogens is 302 g/mol. The van der Waals surface area contributed by atoms with Gasteiger partial charge in [0.05, 0.1) is 0 Å². The van der Waals surface area contributed by atoms with Crippen LogP contribution < -0.4 is 5.32 Å². The average Bonchev–Trinajstić information content (AvgIpc) is 2.86. The molecule has 22 heavy (non-hydrogen) atoms. The van der Waals surface area contributed by atoms with Gasteiger partial charge in [0.25, 0.3) is 0 Å². The number of hydrogen-bond acceptors (Lipinski definition) is 5. The van der Waals surface area contributed by atoms with Crippen LogP contribution in [0, 0.1) is 0 Å². The van der Waals surface area contributed by atoms with E-state index in [0.717, 1.165) is 19.4 Å². The number of amides is 1. The maximum atomic E-state index is 10.1. The first-order valence-electron chi connectivity index (χ1n) is 5.69. The maximum absolute atomic E-state index is 10.1. The highest BCUT2D eigenvalue weighted by Gasteiger charge is 2.05. The van der Waals surface area contributed by atoms with E-state index in [1.54, 1.807) is 0 Å². The van der Waals surface area contributed by atoms with Crippen LogP contribution in [-0.4, -0.2) is 56.8 Å². The Morgan fingerprint density at radius 3 is 1.18 bits per heavy atom. The van der Waals surface area contributed by atoms with Crippen molar-refractivity contribution in [1.29, 1.82) is 0 Å². The summed E-state index contributed by atoms with van der Waals surface area (Å²) in [6, 6.07) is 0. The molecule has 1 amide bonds. The molecule has 1 rings (SSSR count). The SMILES string of the molecule is O=C(O)/C=C/C(=O)O.O=C(O)/C=C/C(=O)O.O=C1CCCN1. The van der Waals surface area contributed by atoms with Gasteiger partial charge in [-0.15, -0.1) is 0 Å².